The van der Waals surface area contributed by atoms with E-state index in [9.17, 15) is 0 Å². The minimum Gasteiger partial charge on any atom is -0.493 e. The molecule has 496 valence electrons. The summed E-state index contributed by atoms with van der Waals surface area (Å²) in [7, 11) is 0. The second-order valence-corrected chi connectivity index (χ2v) is 31.5. The quantitative estimate of drug-likeness (QED) is 0.0366. The third-order valence-corrected chi connectivity index (χ3v) is 18.9. The Morgan fingerprint density at radius 1 is 0.216 bits per heavy atom. The van der Waals surface area contributed by atoms with Gasteiger partial charge in [-0.25, -0.2) is 0 Å². The number of rotatable bonds is 40. The Labute approximate surface area is 544 Å². The first-order chi connectivity index (χ1) is 42.1. The van der Waals surface area contributed by atoms with E-state index >= 15 is 0 Å². The van der Waals surface area contributed by atoms with E-state index in [2.05, 4.69) is 159 Å². The normalized spacial score (nSPS) is 13.1. The van der Waals surface area contributed by atoms with Crippen molar-refractivity contribution in [3.8, 4) is 23.0 Å². The Kier molecular flexibility index (Phi) is 33.0. The Balaban J connectivity index is 1.82. The van der Waals surface area contributed by atoms with Crippen molar-refractivity contribution in [2.75, 3.05) is 26.4 Å². The van der Waals surface area contributed by atoms with Gasteiger partial charge in [-0.3, -0.25) is 0 Å². The summed E-state index contributed by atoms with van der Waals surface area (Å²) >= 11 is 0. The third kappa shape index (κ3) is 26.0. The average Bonchev–Trinajstić information content (AvgIpc) is 1.06. The monoisotopic (exact) mass is 1210 g/mol. The van der Waals surface area contributed by atoms with E-state index in [1.54, 1.807) is 0 Å². The van der Waals surface area contributed by atoms with Crippen LogP contribution in [0.5, 0.6) is 23.0 Å². The van der Waals surface area contributed by atoms with Crippen LogP contribution in [0.1, 0.15) is 383 Å². The molecule has 0 amide bonds. The first-order valence-corrected chi connectivity index (χ1v) is 37.2. The first-order valence-electron chi connectivity index (χ1n) is 37.2. The summed E-state index contributed by atoms with van der Waals surface area (Å²) in [5, 5.41) is 0. The molecule has 4 nitrogen and oxygen atoms in total. The lowest BCUT2D eigenvalue weighted by atomic mass is 9.79. The maximum absolute atomic E-state index is 7.45. The van der Waals surface area contributed by atoms with E-state index in [1.807, 2.05) is 0 Å². The molecule has 5 rings (SSSR count). The third-order valence-electron chi connectivity index (χ3n) is 18.9. The van der Waals surface area contributed by atoms with E-state index in [1.165, 1.54) is 247 Å². The van der Waals surface area contributed by atoms with Gasteiger partial charge in [0.2, 0.25) is 0 Å². The van der Waals surface area contributed by atoms with E-state index in [0.717, 1.165) is 74.4 Å². The van der Waals surface area contributed by atoms with Crippen molar-refractivity contribution >= 4 is 0 Å². The predicted molar refractivity (Wildman–Crippen MR) is 384 cm³/mol. The lowest BCUT2D eigenvalue weighted by molar-refractivity contribution is 0.292. The van der Waals surface area contributed by atoms with Crippen molar-refractivity contribution < 1.29 is 18.9 Å². The van der Waals surface area contributed by atoms with Gasteiger partial charge in [0.15, 0.2) is 0 Å². The zero-order chi connectivity index (χ0) is 64.0. The first kappa shape index (κ1) is 74.8. The molecule has 1 aliphatic rings. The molecule has 0 aromatic heterocycles. The second-order valence-electron chi connectivity index (χ2n) is 31.5. The molecule has 4 aromatic rings. The number of benzene rings is 4. The minimum atomic E-state index is -0.0955. The summed E-state index contributed by atoms with van der Waals surface area (Å²) in [6, 6.07) is 20.2. The van der Waals surface area contributed by atoms with Gasteiger partial charge in [0.05, 0.1) is 26.4 Å². The Morgan fingerprint density at radius 2 is 0.352 bits per heavy atom. The molecule has 0 saturated heterocycles. The van der Waals surface area contributed by atoms with Gasteiger partial charge in [0, 0.05) is 25.7 Å². The zero-order valence-corrected chi connectivity index (χ0v) is 60.5. The minimum absolute atomic E-state index is 0.0955. The summed E-state index contributed by atoms with van der Waals surface area (Å²) in [4.78, 5) is 0. The zero-order valence-electron chi connectivity index (χ0n) is 60.5. The summed E-state index contributed by atoms with van der Waals surface area (Å²) in [6.07, 6.45) is 43.5. The average molecular weight is 1210 g/mol. The summed E-state index contributed by atoms with van der Waals surface area (Å²) in [6.45, 7) is 40.8. The van der Waals surface area contributed by atoms with Gasteiger partial charge in [-0.15, -0.1) is 0 Å². The molecule has 0 aliphatic heterocycles. The molecule has 0 saturated carbocycles. The summed E-state index contributed by atoms with van der Waals surface area (Å²) in [5.74, 6) is 4.25. The van der Waals surface area contributed by atoms with Crippen LogP contribution >= 0.6 is 0 Å². The van der Waals surface area contributed by atoms with E-state index < -0.39 is 0 Å². The molecule has 0 fully saturated rings. The molecular formula is C84H136O4. The van der Waals surface area contributed by atoms with Gasteiger partial charge in [-0.2, -0.15) is 0 Å². The van der Waals surface area contributed by atoms with Gasteiger partial charge >= 0.3 is 0 Å². The molecular weight excluding hydrogens is 1070 g/mol. The van der Waals surface area contributed by atoms with E-state index in [-0.39, 0.29) is 21.7 Å². The highest BCUT2D eigenvalue weighted by molar-refractivity contribution is 5.60. The van der Waals surface area contributed by atoms with Gasteiger partial charge in [0.25, 0.3) is 0 Å². The molecule has 4 aromatic carbocycles. The smallest absolute Gasteiger partial charge is 0.126 e. The van der Waals surface area contributed by atoms with Crippen molar-refractivity contribution in [2.45, 2.75) is 364 Å². The van der Waals surface area contributed by atoms with Crippen molar-refractivity contribution in [3.63, 3.8) is 0 Å². The molecule has 0 N–H and O–H groups in total. The molecule has 0 atom stereocenters. The number of hydrogen-bond acceptors (Lipinski definition) is 4. The Bertz CT molecular complexity index is 2140. The maximum atomic E-state index is 7.45. The van der Waals surface area contributed by atoms with Crippen LogP contribution in [0.3, 0.4) is 0 Å². The number of hydrogen-bond donors (Lipinski definition) is 0. The van der Waals surface area contributed by atoms with Crippen LogP contribution in [0.25, 0.3) is 0 Å². The van der Waals surface area contributed by atoms with Crippen LogP contribution in [0.2, 0.25) is 0 Å². The summed E-state index contributed by atoms with van der Waals surface area (Å²) < 4.78 is 29.8. The molecule has 4 heteroatoms. The van der Waals surface area contributed by atoms with Crippen molar-refractivity contribution in [1.29, 1.82) is 0 Å². The van der Waals surface area contributed by atoms with Crippen molar-refractivity contribution in [1.82, 2.24) is 0 Å². The van der Waals surface area contributed by atoms with Gasteiger partial charge in [0.1, 0.15) is 23.0 Å². The van der Waals surface area contributed by atoms with Crippen LogP contribution in [0.15, 0.2) is 48.5 Å². The highest BCUT2D eigenvalue weighted by atomic mass is 16.5. The van der Waals surface area contributed by atoms with Crippen LogP contribution in [0, 0.1) is 0 Å². The summed E-state index contributed by atoms with van der Waals surface area (Å²) in [5.41, 5.74) is 15.2. The lowest BCUT2D eigenvalue weighted by Crippen LogP contribution is -2.18. The maximum Gasteiger partial charge on any atom is 0.126 e. The fourth-order valence-electron chi connectivity index (χ4n) is 13.0. The van der Waals surface area contributed by atoms with E-state index in [4.69, 9.17) is 18.9 Å². The fraction of sp³-hybridized carbons (Fsp3) is 0.714. The van der Waals surface area contributed by atoms with Gasteiger partial charge in [-0.05, 0) is 114 Å². The SMILES string of the molecule is CCCCCCCCCCOc1c2cc(C(C)(C)C)cc1Cc1cc(C(C)(C)C)cc(c1OCCCCCCCCCC)Cc1cc(C(C)(C)C)cc(c1OCCCCCCCCCC)Cc1cc(C(C)(C)C)cc(c1OCCCCCCCCCC)C2. The number of fused-ring (bicyclic) bond motifs is 8. The molecule has 0 heterocycles. The van der Waals surface area contributed by atoms with Gasteiger partial charge in [-0.1, -0.05) is 339 Å². The standard InChI is InChI=1S/C84H136O4/c1-17-21-25-29-33-37-41-45-49-85-77-65-53-67-59-74(82(8,9)10)61-69(78(67)86-50-46-42-38-34-30-26-22-18-2)55-71-63-76(84(14,15)16)64-72(80(71)88-52-48-44-40-36-32-28-24-20-4)56-70-62-75(83(11,12)13)60-68(54-66(77)58-73(57-65)81(5,6)7)79(70)87-51-47-43-39-35-31-27-23-19-3/h57-64H,17-56H2,1-16H3. The van der Waals surface area contributed by atoms with Gasteiger partial charge < -0.3 is 18.9 Å². The van der Waals surface area contributed by atoms with Crippen LogP contribution in [0.4, 0.5) is 0 Å². The van der Waals surface area contributed by atoms with Crippen molar-refractivity contribution in [3.05, 3.63) is 115 Å². The molecule has 0 spiro atoms. The Hall–Kier alpha value is -3.92. The van der Waals surface area contributed by atoms with E-state index in [0.29, 0.717) is 26.4 Å². The molecule has 1 aliphatic carbocycles. The Morgan fingerprint density at radius 3 is 0.489 bits per heavy atom. The number of unbranched alkanes of at least 4 members (excludes halogenated alkanes) is 28. The van der Waals surface area contributed by atoms with Crippen LogP contribution in [-0.4, -0.2) is 26.4 Å². The van der Waals surface area contributed by atoms with Crippen LogP contribution in [-0.2, 0) is 47.3 Å². The lowest BCUT2D eigenvalue weighted by Gasteiger charge is -2.29. The van der Waals surface area contributed by atoms with Crippen LogP contribution < -0.4 is 18.9 Å². The molecule has 0 radical (unpaired) electrons. The largest absolute Gasteiger partial charge is 0.493 e. The predicted octanol–water partition coefficient (Wildman–Crippen LogP) is 25.6. The molecule has 8 bridgehead atoms. The number of ether oxygens (including phenoxy) is 4. The molecule has 88 heavy (non-hydrogen) atoms. The highest BCUT2D eigenvalue weighted by Gasteiger charge is 2.30. The van der Waals surface area contributed by atoms with Crippen molar-refractivity contribution in [2.24, 2.45) is 0 Å². The topological polar surface area (TPSA) is 36.9 Å². The fourth-order valence-corrected chi connectivity index (χ4v) is 13.0. The second kappa shape index (κ2) is 38.8. The highest BCUT2D eigenvalue weighted by Crippen LogP contribution is 2.45. The molecule has 0 unspecified atom stereocenters.